The molecule has 0 saturated carbocycles. The highest BCUT2D eigenvalue weighted by Crippen LogP contribution is 2.54. The third kappa shape index (κ3) is 3.59. The molecule has 1 aliphatic heterocycles. The second-order valence-corrected chi connectivity index (χ2v) is 7.71. The van der Waals surface area contributed by atoms with E-state index < -0.39 is 23.3 Å². The zero-order valence-electron chi connectivity index (χ0n) is 18.6. The number of fused-ring (bicyclic) bond motifs is 1. The molecule has 0 fully saturated rings. The first-order chi connectivity index (χ1) is 15.9. The van der Waals surface area contributed by atoms with Crippen LogP contribution in [0.15, 0.2) is 72.8 Å². The van der Waals surface area contributed by atoms with E-state index in [4.69, 9.17) is 18.9 Å². The molecule has 4 rings (SSSR count). The minimum absolute atomic E-state index is 0.0107. The number of ether oxygens (including phenoxy) is 4. The predicted molar refractivity (Wildman–Crippen MR) is 120 cm³/mol. The van der Waals surface area contributed by atoms with Crippen molar-refractivity contribution in [1.82, 2.24) is 0 Å². The van der Waals surface area contributed by atoms with E-state index in [1.807, 2.05) is 0 Å². The van der Waals surface area contributed by atoms with Crippen LogP contribution in [0.2, 0.25) is 0 Å². The zero-order valence-corrected chi connectivity index (χ0v) is 18.6. The summed E-state index contributed by atoms with van der Waals surface area (Å²) in [6.07, 6.45) is 0. The monoisotopic (exact) mass is 450 g/mol. The lowest BCUT2D eigenvalue weighted by Crippen LogP contribution is -2.66. The van der Waals surface area contributed by atoms with Gasteiger partial charge in [0.1, 0.15) is 17.2 Å². The highest BCUT2D eigenvalue weighted by atomic mass is 16.7. The van der Waals surface area contributed by atoms with Crippen LogP contribution in [-0.4, -0.2) is 42.6 Å². The molecule has 7 nitrogen and oxygen atoms in total. The highest BCUT2D eigenvalue weighted by molar-refractivity contribution is 5.85. The molecule has 0 aliphatic carbocycles. The van der Waals surface area contributed by atoms with Crippen molar-refractivity contribution < 1.29 is 34.0 Å². The molecule has 0 bridgehead atoms. The van der Waals surface area contributed by atoms with E-state index in [1.165, 1.54) is 7.11 Å². The molecule has 172 valence electrons. The maximum Gasteiger partial charge on any atom is 0.346 e. The van der Waals surface area contributed by atoms with Crippen LogP contribution in [0.1, 0.15) is 29.5 Å². The van der Waals surface area contributed by atoms with E-state index in [2.05, 4.69) is 0 Å². The lowest BCUT2D eigenvalue weighted by atomic mass is 9.68. The van der Waals surface area contributed by atoms with Crippen LogP contribution in [0, 0.1) is 0 Å². The molecule has 3 atom stereocenters. The summed E-state index contributed by atoms with van der Waals surface area (Å²) in [5.41, 5.74) is -1.22. The molecule has 0 aromatic heterocycles. The topological polar surface area (TPSA) is 94.5 Å². The summed E-state index contributed by atoms with van der Waals surface area (Å²) in [7, 11) is 3.07. The Kier molecular flexibility index (Phi) is 6.01. The van der Waals surface area contributed by atoms with Crippen molar-refractivity contribution in [2.24, 2.45) is 0 Å². The van der Waals surface area contributed by atoms with Crippen molar-refractivity contribution in [2.45, 2.75) is 24.2 Å². The minimum Gasteiger partial charge on any atom is -0.497 e. The van der Waals surface area contributed by atoms with Gasteiger partial charge in [0.25, 0.3) is 5.79 Å². The maximum atomic E-state index is 13.4. The van der Waals surface area contributed by atoms with Gasteiger partial charge in [-0.3, -0.25) is 0 Å². The van der Waals surface area contributed by atoms with E-state index in [1.54, 1.807) is 86.8 Å². The first-order valence-corrected chi connectivity index (χ1v) is 10.6. The fourth-order valence-electron chi connectivity index (χ4n) is 4.28. The first kappa shape index (κ1) is 22.6. The van der Waals surface area contributed by atoms with Crippen molar-refractivity contribution in [3.8, 4) is 17.2 Å². The van der Waals surface area contributed by atoms with Crippen LogP contribution >= 0.6 is 0 Å². The van der Waals surface area contributed by atoms with E-state index in [0.717, 1.165) is 0 Å². The molecule has 0 amide bonds. The smallest absolute Gasteiger partial charge is 0.346 e. The Morgan fingerprint density at radius 2 is 1.48 bits per heavy atom. The van der Waals surface area contributed by atoms with Gasteiger partial charge in [-0.25, -0.2) is 4.79 Å². The summed E-state index contributed by atoms with van der Waals surface area (Å²) >= 11 is 0. The van der Waals surface area contributed by atoms with Gasteiger partial charge in [0.05, 0.1) is 26.7 Å². The summed E-state index contributed by atoms with van der Waals surface area (Å²) < 4.78 is 21.7. The molecule has 3 aromatic rings. The fraction of sp³-hybridized carbons (Fsp3) is 0.269. The number of hydrogen-bond donors (Lipinski definition) is 2. The van der Waals surface area contributed by atoms with Crippen molar-refractivity contribution in [2.75, 3.05) is 20.8 Å². The number of methoxy groups -OCH3 is 2. The number of carbonyl (C=O) groups excluding carboxylic acids is 1. The average Bonchev–Trinajstić information content (AvgIpc) is 2.85. The third-order valence-corrected chi connectivity index (χ3v) is 5.94. The second-order valence-electron chi connectivity index (χ2n) is 7.71. The standard InChI is InChI=1S/C26H26O7/c1-4-32-24(27)25(28)23(17-9-13-19(30-2)14-10-17)21-7-5-6-8-22(21)33-26(25,29)18-11-15-20(31-3)16-12-18/h5-16,23,28-29H,4H2,1-3H3/t23?,25-,26+/m1/s1. The van der Waals surface area contributed by atoms with Gasteiger partial charge in [0, 0.05) is 11.1 Å². The number of benzene rings is 3. The molecule has 2 N–H and O–H groups in total. The number of hydrogen-bond acceptors (Lipinski definition) is 7. The average molecular weight is 450 g/mol. The zero-order chi connectivity index (χ0) is 23.6. The van der Waals surface area contributed by atoms with Crippen LogP contribution in [0.4, 0.5) is 0 Å². The van der Waals surface area contributed by atoms with Gasteiger partial charge in [-0.15, -0.1) is 0 Å². The van der Waals surface area contributed by atoms with Gasteiger partial charge in [0.15, 0.2) is 0 Å². The van der Waals surface area contributed by atoms with Gasteiger partial charge in [-0.2, -0.15) is 0 Å². The summed E-state index contributed by atoms with van der Waals surface area (Å²) in [4.78, 5) is 13.4. The lowest BCUT2D eigenvalue weighted by Gasteiger charge is -2.49. The largest absolute Gasteiger partial charge is 0.497 e. The molecular weight excluding hydrogens is 424 g/mol. The molecule has 1 aliphatic rings. The van der Waals surface area contributed by atoms with Gasteiger partial charge in [-0.05, 0) is 55.0 Å². The van der Waals surface area contributed by atoms with Gasteiger partial charge in [-0.1, -0.05) is 30.3 Å². The first-order valence-electron chi connectivity index (χ1n) is 10.6. The number of rotatable bonds is 6. The Balaban J connectivity index is 1.99. The van der Waals surface area contributed by atoms with Gasteiger partial charge >= 0.3 is 5.97 Å². The molecule has 33 heavy (non-hydrogen) atoms. The molecule has 1 unspecified atom stereocenters. The van der Waals surface area contributed by atoms with E-state index in [-0.39, 0.29) is 12.2 Å². The van der Waals surface area contributed by atoms with Crippen molar-refractivity contribution >= 4 is 5.97 Å². The highest BCUT2D eigenvalue weighted by Gasteiger charge is 2.67. The molecule has 0 saturated heterocycles. The summed E-state index contributed by atoms with van der Waals surface area (Å²) in [5, 5.41) is 24.1. The van der Waals surface area contributed by atoms with Crippen LogP contribution in [-0.2, 0) is 15.3 Å². The molecule has 0 radical (unpaired) electrons. The molecule has 1 heterocycles. The normalized spacial score (nSPS) is 23.7. The SMILES string of the molecule is CCOC(=O)[C@]1(O)C(c2ccc(OC)cc2)c2ccccc2O[C@@]1(O)c1ccc(OC)cc1. The van der Waals surface area contributed by atoms with Crippen LogP contribution in [0.5, 0.6) is 17.2 Å². The third-order valence-electron chi connectivity index (χ3n) is 5.94. The molecule has 3 aromatic carbocycles. The number of para-hydroxylation sites is 1. The minimum atomic E-state index is -2.51. The Bertz CT molecular complexity index is 1130. The summed E-state index contributed by atoms with van der Waals surface area (Å²) in [6.45, 7) is 1.64. The van der Waals surface area contributed by atoms with Crippen molar-refractivity contribution in [1.29, 1.82) is 0 Å². The van der Waals surface area contributed by atoms with E-state index in [9.17, 15) is 15.0 Å². The van der Waals surface area contributed by atoms with Crippen LogP contribution in [0.25, 0.3) is 0 Å². The Morgan fingerprint density at radius 1 is 0.909 bits per heavy atom. The van der Waals surface area contributed by atoms with Crippen LogP contribution < -0.4 is 14.2 Å². The maximum absolute atomic E-state index is 13.4. The Morgan fingerprint density at radius 3 is 2.06 bits per heavy atom. The van der Waals surface area contributed by atoms with E-state index in [0.29, 0.717) is 28.4 Å². The van der Waals surface area contributed by atoms with Crippen LogP contribution in [0.3, 0.4) is 0 Å². The number of carbonyl (C=O) groups is 1. The van der Waals surface area contributed by atoms with E-state index >= 15 is 0 Å². The summed E-state index contributed by atoms with van der Waals surface area (Å²) in [6, 6.07) is 20.2. The van der Waals surface area contributed by atoms with Gasteiger partial charge < -0.3 is 29.2 Å². The molecule has 0 spiro atoms. The number of esters is 1. The fourth-order valence-corrected chi connectivity index (χ4v) is 4.28. The van der Waals surface area contributed by atoms with Crippen molar-refractivity contribution in [3.05, 3.63) is 89.5 Å². The summed E-state index contributed by atoms with van der Waals surface area (Å²) in [5.74, 6) is -2.96. The molecule has 7 heteroatoms. The van der Waals surface area contributed by atoms with Gasteiger partial charge in [0.2, 0.25) is 5.60 Å². The second kappa shape index (κ2) is 8.77. The lowest BCUT2D eigenvalue weighted by molar-refractivity contribution is -0.280. The van der Waals surface area contributed by atoms with Crippen molar-refractivity contribution in [3.63, 3.8) is 0 Å². The predicted octanol–water partition coefficient (Wildman–Crippen LogP) is 3.37. The number of aliphatic hydroxyl groups is 2. The Hall–Kier alpha value is -3.55. The molecular formula is C26H26O7. The Labute approximate surface area is 192 Å². The quantitative estimate of drug-likeness (QED) is 0.556.